The molecule has 0 bridgehead atoms. The van der Waals surface area contributed by atoms with Crippen molar-refractivity contribution in [3.8, 4) is 0 Å². The lowest BCUT2D eigenvalue weighted by Crippen LogP contribution is -2.55. The highest BCUT2D eigenvalue weighted by atomic mass is 79.9. The Bertz CT molecular complexity index is 1430. The van der Waals surface area contributed by atoms with Gasteiger partial charge < -0.3 is 10.2 Å². The summed E-state index contributed by atoms with van der Waals surface area (Å²) in [6, 6.07) is 22.8. The van der Waals surface area contributed by atoms with E-state index in [1.807, 2.05) is 54.6 Å². The van der Waals surface area contributed by atoms with E-state index in [4.69, 9.17) is 11.6 Å². The van der Waals surface area contributed by atoms with Crippen LogP contribution in [0.4, 0.5) is 5.69 Å². The number of hydrogen-bond acceptors (Lipinski definition) is 4. The molecular weight excluding hydrogens is 626 g/mol. The van der Waals surface area contributed by atoms with E-state index in [0.29, 0.717) is 0 Å². The summed E-state index contributed by atoms with van der Waals surface area (Å²) in [5.41, 5.74) is 1.92. The van der Waals surface area contributed by atoms with Crippen LogP contribution in [0.15, 0.2) is 83.3 Å². The van der Waals surface area contributed by atoms with E-state index in [9.17, 15) is 18.0 Å². The predicted molar refractivity (Wildman–Crippen MR) is 167 cm³/mol. The van der Waals surface area contributed by atoms with Crippen LogP contribution in [0.3, 0.4) is 0 Å². The average Bonchev–Trinajstić information content (AvgIpc) is 2.95. The van der Waals surface area contributed by atoms with Gasteiger partial charge in [0.05, 0.1) is 17.0 Å². The van der Waals surface area contributed by atoms with Gasteiger partial charge in [-0.15, -0.1) is 0 Å². The third-order valence-corrected chi connectivity index (χ3v) is 9.26. The molecule has 1 unspecified atom stereocenters. The van der Waals surface area contributed by atoms with Gasteiger partial charge in [0.15, 0.2) is 0 Å². The maximum atomic E-state index is 14.2. The van der Waals surface area contributed by atoms with Gasteiger partial charge in [-0.05, 0) is 48.2 Å². The lowest BCUT2D eigenvalue weighted by atomic mass is 9.94. The number of amides is 2. The zero-order valence-electron chi connectivity index (χ0n) is 23.0. The van der Waals surface area contributed by atoms with Crippen LogP contribution in [0, 0.1) is 0 Å². The molecule has 1 fully saturated rings. The summed E-state index contributed by atoms with van der Waals surface area (Å²) in [6.07, 6.45) is 6.38. The summed E-state index contributed by atoms with van der Waals surface area (Å²) in [5, 5.41) is 3.41. The van der Waals surface area contributed by atoms with E-state index in [0.717, 1.165) is 58.3 Å². The quantitative estimate of drug-likeness (QED) is 0.275. The van der Waals surface area contributed by atoms with E-state index in [-0.39, 0.29) is 35.6 Å². The molecule has 0 aliphatic heterocycles. The monoisotopic (exact) mass is 659 g/mol. The maximum absolute atomic E-state index is 14.2. The van der Waals surface area contributed by atoms with Gasteiger partial charge in [-0.25, -0.2) is 8.42 Å². The lowest BCUT2D eigenvalue weighted by Gasteiger charge is -2.35. The fraction of sp³-hybridized carbons (Fsp3) is 0.355. The van der Waals surface area contributed by atoms with Crippen LogP contribution in [-0.2, 0) is 32.6 Å². The third kappa shape index (κ3) is 8.80. The summed E-state index contributed by atoms with van der Waals surface area (Å²) in [5.74, 6) is -0.743. The van der Waals surface area contributed by atoms with Gasteiger partial charge in [-0.2, -0.15) is 0 Å². The predicted octanol–water partition coefficient (Wildman–Crippen LogP) is 5.96. The van der Waals surface area contributed by atoms with E-state index < -0.39 is 28.5 Å². The number of para-hydroxylation sites is 1. The number of nitrogens with zero attached hydrogens (tertiary/aromatic N) is 2. The molecule has 0 saturated heterocycles. The van der Waals surface area contributed by atoms with Gasteiger partial charge in [0.2, 0.25) is 21.8 Å². The van der Waals surface area contributed by atoms with Gasteiger partial charge in [-0.3, -0.25) is 13.9 Å². The standard InChI is InChI=1S/C31H35BrClN3O4S/c1-41(39,40)36(28-15-9-8-14-27(28)33)22-30(37)35(21-24-16-18-25(32)19-17-24)29(20-23-10-4-2-5-11-23)31(38)34-26-12-6-3-7-13-26/h2,4-5,8-11,14-19,26,29H,3,6-7,12-13,20-22H2,1H3,(H,34,38). The molecular formula is C31H35BrClN3O4S. The molecule has 0 aromatic heterocycles. The van der Waals surface area contributed by atoms with Crippen LogP contribution in [0.25, 0.3) is 0 Å². The van der Waals surface area contributed by atoms with Crippen molar-refractivity contribution in [2.24, 2.45) is 0 Å². The highest BCUT2D eigenvalue weighted by molar-refractivity contribution is 9.10. The lowest BCUT2D eigenvalue weighted by molar-refractivity contribution is -0.140. The summed E-state index contributed by atoms with van der Waals surface area (Å²) < 4.78 is 27.7. The summed E-state index contributed by atoms with van der Waals surface area (Å²) in [4.78, 5) is 29.6. The Morgan fingerprint density at radius 1 is 0.927 bits per heavy atom. The first-order valence-electron chi connectivity index (χ1n) is 13.7. The molecule has 1 aliphatic carbocycles. The van der Waals surface area contributed by atoms with Crippen LogP contribution >= 0.6 is 27.5 Å². The molecule has 7 nitrogen and oxygen atoms in total. The van der Waals surface area contributed by atoms with Gasteiger partial charge in [0.25, 0.3) is 0 Å². The minimum Gasteiger partial charge on any atom is -0.352 e. The molecule has 10 heteroatoms. The van der Waals surface area contributed by atoms with Crippen molar-refractivity contribution >= 4 is 55.1 Å². The van der Waals surface area contributed by atoms with E-state index in [2.05, 4.69) is 21.2 Å². The molecule has 41 heavy (non-hydrogen) atoms. The number of nitrogens with one attached hydrogen (secondary N) is 1. The number of rotatable bonds is 11. The first-order chi connectivity index (χ1) is 19.6. The number of sulfonamides is 1. The number of carbonyl (C=O) groups is 2. The zero-order valence-corrected chi connectivity index (χ0v) is 26.2. The normalized spacial score (nSPS) is 14.7. The number of halogens is 2. The maximum Gasteiger partial charge on any atom is 0.244 e. The van der Waals surface area contributed by atoms with E-state index in [1.54, 1.807) is 24.3 Å². The van der Waals surface area contributed by atoms with Crippen molar-refractivity contribution in [1.29, 1.82) is 0 Å². The van der Waals surface area contributed by atoms with Gasteiger partial charge in [0, 0.05) is 23.5 Å². The Labute approximate surface area is 256 Å². The molecule has 0 radical (unpaired) electrons. The number of carbonyl (C=O) groups excluding carboxylic acids is 2. The van der Waals surface area contributed by atoms with Crippen molar-refractivity contribution < 1.29 is 18.0 Å². The molecule has 1 aliphatic rings. The van der Waals surface area contributed by atoms with Crippen LogP contribution in [0.5, 0.6) is 0 Å². The van der Waals surface area contributed by atoms with E-state index in [1.165, 1.54) is 4.90 Å². The molecule has 1 N–H and O–H groups in total. The highest BCUT2D eigenvalue weighted by Gasteiger charge is 2.34. The van der Waals surface area contributed by atoms with Crippen molar-refractivity contribution in [2.75, 3.05) is 17.1 Å². The Kier molecular flexibility index (Phi) is 10.9. The van der Waals surface area contributed by atoms with Gasteiger partial charge in [0.1, 0.15) is 12.6 Å². The summed E-state index contributed by atoms with van der Waals surface area (Å²) in [6.45, 7) is -0.372. The van der Waals surface area contributed by atoms with Crippen LogP contribution in [0.1, 0.15) is 43.2 Å². The van der Waals surface area contributed by atoms with Crippen molar-refractivity contribution in [3.05, 3.63) is 99.5 Å². The number of hydrogen-bond donors (Lipinski definition) is 1. The third-order valence-electron chi connectivity index (χ3n) is 7.29. The second kappa shape index (κ2) is 14.3. The molecule has 3 aromatic rings. The molecule has 1 saturated carbocycles. The highest BCUT2D eigenvalue weighted by Crippen LogP contribution is 2.28. The second-order valence-electron chi connectivity index (χ2n) is 10.4. The first kappa shape index (κ1) is 31.1. The van der Waals surface area contributed by atoms with Gasteiger partial charge >= 0.3 is 0 Å². The first-order valence-corrected chi connectivity index (χ1v) is 16.7. The minimum atomic E-state index is -3.88. The molecule has 4 rings (SSSR count). The smallest absolute Gasteiger partial charge is 0.244 e. The SMILES string of the molecule is CS(=O)(=O)N(CC(=O)N(Cc1ccc(Br)cc1)C(Cc1ccccc1)C(=O)NC1CCCCC1)c1ccccc1Cl. The Morgan fingerprint density at radius 3 is 2.20 bits per heavy atom. The number of anilines is 1. The van der Waals surface area contributed by atoms with Crippen LogP contribution in [0.2, 0.25) is 5.02 Å². The fourth-order valence-electron chi connectivity index (χ4n) is 5.13. The Hall–Kier alpha value is -2.88. The molecule has 1 atom stereocenters. The van der Waals surface area contributed by atoms with Crippen molar-refractivity contribution in [3.63, 3.8) is 0 Å². The molecule has 0 heterocycles. The van der Waals surface area contributed by atoms with Crippen molar-refractivity contribution in [1.82, 2.24) is 10.2 Å². The average molecular weight is 661 g/mol. The summed E-state index contributed by atoms with van der Waals surface area (Å²) >= 11 is 9.81. The topological polar surface area (TPSA) is 86.8 Å². The largest absolute Gasteiger partial charge is 0.352 e. The Balaban J connectivity index is 1.72. The van der Waals surface area contributed by atoms with Crippen LogP contribution in [-0.4, -0.2) is 50.0 Å². The van der Waals surface area contributed by atoms with E-state index >= 15 is 0 Å². The molecule has 2 amide bonds. The minimum absolute atomic E-state index is 0.0507. The van der Waals surface area contributed by atoms with Crippen molar-refractivity contribution in [2.45, 2.75) is 57.2 Å². The number of benzene rings is 3. The fourth-order valence-corrected chi connectivity index (χ4v) is 6.55. The zero-order chi connectivity index (χ0) is 29.4. The molecule has 0 spiro atoms. The Morgan fingerprint density at radius 2 is 1.56 bits per heavy atom. The van der Waals surface area contributed by atoms with Gasteiger partial charge in [-0.1, -0.05) is 101 Å². The second-order valence-corrected chi connectivity index (χ2v) is 13.6. The van der Waals surface area contributed by atoms with Crippen LogP contribution < -0.4 is 9.62 Å². The summed E-state index contributed by atoms with van der Waals surface area (Å²) in [7, 11) is -3.88. The molecule has 3 aromatic carbocycles. The molecule has 218 valence electrons.